The smallest absolute Gasteiger partial charge is 0.321 e. The summed E-state index contributed by atoms with van der Waals surface area (Å²) in [5, 5.41) is 0. The van der Waals surface area contributed by atoms with Gasteiger partial charge >= 0.3 is 11.9 Å². The first-order valence-corrected chi connectivity index (χ1v) is 6.76. The largest absolute Gasteiger partial charge is 0.392 e. The monoisotopic (exact) mass is 248 g/mol. The van der Waals surface area contributed by atoms with Gasteiger partial charge in [-0.1, -0.05) is 23.8 Å². The van der Waals surface area contributed by atoms with Crippen molar-refractivity contribution in [3.05, 3.63) is 23.8 Å². The summed E-state index contributed by atoms with van der Waals surface area (Å²) in [6, 6.07) is 0. The van der Waals surface area contributed by atoms with Gasteiger partial charge in [-0.05, 0) is 45.4 Å². The van der Waals surface area contributed by atoms with Crippen LogP contribution in [0.15, 0.2) is 23.8 Å². The van der Waals surface area contributed by atoms with Gasteiger partial charge in [-0.2, -0.15) is 0 Å². The summed E-state index contributed by atoms with van der Waals surface area (Å²) in [6.45, 7) is 2.22. The Balaban J connectivity index is 0.000000149. The molecule has 0 radical (unpaired) electrons. The van der Waals surface area contributed by atoms with E-state index in [2.05, 4.69) is 17.7 Å². The number of ether oxygens (including phenoxy) is 1. The Morgan fingerprint density at radius 2 is 2.00 bits per heavy atom. The summed E-state index contributed by atoms with van der Waals surface area (Å²) >= 11 is 0. The van der Waals surface area contributed by atoms with E-state index in [1.807, 2.05) is 6.08 Å². The van der Waals surface area contributed by atoms with Gasteiger partial charge in [-0.15, -0.1) is 0 Å². The van der Waals surface area contributed by atoms with Crippen molar-refractivity contribution < 1.29 is 14.3 Å². The predicted octanol–water partition coefficient (Wildman–Crippen LogP) is 3.16. The highest BCUT2D eigenvalue weighted by atomic mass is 16.6. The van der Waals surface area contributed by atoms with Crippen molar-refractivity contribution >= 4 is 11.9 Å². The summed E-state index contributed by atoms with van der Waals surface area (Å²) in [6.07, 6.45) is 13.2. The van der Waals surface area contributed by atoms with Gasteiger partial charge < -0.3 is 4.74 Å². The van der Waals surface area contributed by atoms with E-state index >= 15 is 0 Å². The van der Waals surface area contributed by atoms with Crippen molar-refractivity contribution in [1.29, 1.82) is 0 Å². The fourth-order valence-electron chi connectivity index (χ4n) is 2.58. The minimum Gasteiger partial charge on any atom is -0.392 e. The van der Waals surface area contributed by atoms with E-state index in [1.54, 1.807) is 11.6 Å². The van der Waals surface area contributed by atoms with Crippen molar-refractivity contribution in [3.8, 4) is 0 Å². The van der Waals surface area contributed by atoms with E-state index in [-0.39, 0.29) is 23.8 Å². The summed E-state index contributed by atoms with van der Waals surface area (Å²) in [5.41, 5.74) is 1.59. The van der Waals surface area contributed by atoms with Gasteiger partial charge in [0, 0.05) is 0 Å². The fraction of sp³-hybridized carbons (Fsp3) is 0.600. The molecule has 0 amide bonds. The Kier molecular flexibility index (Phi) is 4.34. The van der Waals surface area contributed by atoms with Crippen LogP contribution in [-0.4, -0.2) is 11.9 Å². The van der Waals surface area contributed by atoms with Gasteiger partial charge in [-0.25, -0.2) is 0 Å². The molecule has 0 aromatic carbocycles. The zero-order chi connectivity index (χ0) is 13.0. The van der Waals surface area contributed by atoms with Crippen LogP contribution in [0, 0.1) is 11.8 Å². The van der Waals surface area contributed by atoms with Gasteiger partial charge in [0.05, 0.1) is 11.8 Å². The van der Waals surface area contributed by atoms with E-state index in [0.29, 0.717) is 0 Å². The molecule has 3 rings (SSSR count). The van der Waals surface area contributed by atoms with Crippen LogP contribution >= 0.6 is 0 Å². The summed E-state index contributed by atoms with van der Waals surface area (Å²) in [4.78, 5) is 21.9. The second-order valence-corrected chi connectivity index (χ2v) is 5.17. The molecule has 0 bridgehead atoms. The Morgan fingerprint density at radius 3 is 2.56 bits per heavy atom. The van der Waals surface area contributed by atoms with Crippen LogP contribution in [0.1, 0.15) is 45.4 Å². The van der Waals surface area contributed by atoms with Crippen LogP contribution in [-0.2, 0) is 14.3 Å². The van der Waals surface area contributed by atoms with Crippen molar-refractivity contribution in [3.63, 3.8) is 0 Å². The highest BCUT2D eigenvalue weighted by Crippen LogP contribution is 2.32. The lowest BCUT2D eigenvalue weighted by atomic mass is 9.86. The first-order chi connectivity index (χ1) is 8.68. The average Bonchev–Trinajstić information content (AvgIpc) is 2.68. The number of hydrogen-bond acceptors (Lipinski definition) is 3. The van der Waals surface area contributed by atoms with Crippen LogP contribution in [0.2, 0.25) is 0 Å². The molecule has 0 spiro atoms. The van der Waals surface area contributed by atoms with Gasteiger partial charge in [-0.3, -0.25) is 9.59 Å². The highest BCUT2D eigenvalue weighted by molar-refractivity contribution is 5.97. The molecule has 2 aliphatic carbocycles. The van der Waals surface area contributed by atoms with Crippen molar-refractivity contribution in [2.75, 3.05) is 0 Å². The second-order valence-electron chi connectivity index (χ2n) is 5.17. The minimum absolute atomic E-state index is 0.188. The van der Waals surface area contributed by atoms with Crippen LogP contribution in [0.4, 0.5) is 0 Å². The zero-order valence-corrected chi connectivity index (χ0v) is 10.9. The number of esters is 2. The Morgan fingerprint density at radius 1 is 1.17 bits per heavy atom. The maximum Gasteiger partial charge on any atom is 0.321 e. The van der Waals surface area contributed by atoms with Gasteiger partial charge in [0.25, 0.3) is 0 Å². The molecule has 1 saturated heterocycles. The van der Waals surface area contributed by atoms with E-state index in [4.69, 9.17) is 0 Å². The second kappa shape index (κ2) is 5.98. The zero-order valence-electron chi connectivity index (χ0n) is 10.9. The van der Waals surface area contributed by atoms with Crippen molar-refractivity contribution in [2.45, 2.75) is 45.4 Å². The first kappa shape index (κ1) is 13.1. The number of carbonyl (C=O) groups is 2. The SMILES string of the molecule is CC1=CCCCC1.O=C1OC(=O)C2CCC=CC12. The Bertz CT molecular complexity index is 393. The average molecular weight is 248 g/mol. The lowest BCUT2D eigenvalue weighted by Gasteiger charge is -2.12. The third-order valence-electron chi connectivity index (χ3n) is 3.72. The molecule has 3 aliphatic rings. The standard InChI is InChI=1S/C8H8O3.C7H12/c9-7-5-3-1-2-4-6(5)8(10)11-7;1-7-5-3-2-4-6-7/h1,3,5-6H,2,4H2;5H,2-4,6H2,1H3. The summed E-state index contributed by atoms with van der Waals surface area (Å²) in [7, 11) is 0. The van der Waals surface area contributed by atoms with E-state index in [1.165, 1.54) is 25.7 Å². The number of hydrogen-bond donors (Lipinski definition) is 0. The van der Waals surface area contributed by atoms with Crippen LogP contribution < -0.4 is 0 Å². The van der Waals surface area contributed by atoms with Crippen molar-refractivity contribution in [2.24, 2.45) is 11.8 Å². The molecule has 98 valence electrons. The molecule has 2 unspecified atom stereocenters. The Hall–Kier alpha value is -1.38. The summed E-state index contributed by atoms with van der Waals surface area (Å²) < 4.78 is 4.48. The van der Waals surface area contributed by atoms with Gasteiger partial charge in [0.2, 0.25) is 0 Å². The van der Waals surface area contributed by atoms with Gasteiger partial charge in [0.15, 0.2) is 0 Å². The first-order valence-electron chi connectivity index (χ1n) is 6.76. The number of rotatable bonds is 0. The maximum absolute atomic E-state index is 10.9. The lowest BCUT2D eigenvalue weighted by molar-refractivity contribution is -0.153. The molecule has 1 aliphatic heterocycles. The van der Waals surface area contributed by atoms with Gasteiger partial charge in [0.1, 0.15) is 0 Å². The third kappa shape index (κ3) is 3.09. The maximum atomic E-state index is 10.9. The van der Waals surface area contributed by atoms with E-state index in [9.17, 15) is 9.59 Å². The number of cyclic esters (lactones) is 2. The van der Waals surface area contributed by atoms with E-state index in [0.717, 1.165) is 12.8 Å². The van der Waals surface area contributed by atoms with E-state index < -0.39 is 0 Å². The minimum atomic E-state index is -0.379. The molecular formula is C15H20O3. The number of allylic oxidation sites excluding steroid dienone is 3. The molecule has 2 atom stereocenters. The van der Waals surface area contributed by atoms with Crippen LogP contribution in [0.3, 0.4) is 0 Å². The molecule has 0 saturated carbocycles. The number of carbonyl (C=O) groups excluding carboxylic acids is 2. The topological polar surface area (TPSA) is 43.4 Å². The van der Waals surface area contributed by atoms with Crippen molar-refractivity contribution in [1.82, 2.24) is 0 Å². The molecule has 18 heavy (non-hydrogen) atoms. The predicted molar refractivity (Wildman–Crippen MR) is 68.7 cm³/mol. The summed E-state index contributed by atoms with van der Waals surface area (Å²) in [5.74, 6) is -1.19. The van der Waals surface area contributed by atoms with Crippen LogP contribution in [0.5, 0.6) is 0 Å². The molecule has 3 heteroatoms. The quantitative estimate of drug-likeness (QED) is 0.376. The molecule has 0 N–H and O–H groups in total. The number of fused-ring (bicyclic) bond motifs is 1. The molecule has 1 heterocycles. The molecular weight excluding hydrogens is 228 g/mol. The highest BCUT2D eigenvalue weighted by Gasteiger charge is 2.43. The fourth-order valence-corrected chi connectivity index (χ4v) is 2.58. The normalized spacial score (nSPS) is 29.9. The third-order valence-corrected chi connectivity index (χ3v) is 3.72. The Labute approximate surface area is 108 Å². The molecule has 0 aromatic heterocycles. The molecule has 0 aromatic rings. The lowest BCUT2D eigenvalue weighted by Crippen LogP contribution is -2.17. The van der Waals surface area contributed by atoms with Crippen LogP contribution in [0.25, 0.3) is 0 Å². The molecule has 3 nitrogen and oxygen atoms in total. The molecule has 1 fully saturated rings.